The average Bonchev–Trinajstić information content (AvgIpc) is 3.04. The molecule has 0 spiro atoms. The van der Waals surface area contributed by atoms with Gasteiger partial charge in [-0.05, 0) is 24.5 Å². The van der Waals surface area contributed by atoms with Gasteiger partial charge in [0.05, 0.1) is 12.2 Å². The third-order valence-corrected chi connectivity index (χ3v) is 2.70. The molecule has 0 unspecified atom stereocenters. The molecule has 7 nitrogen and oxygen atoms in total. The Kier molecular flexibility index (Phi) is 4.42. The number of nitrogens with zero attached hydrogens (tertiary/aromatic N) is 1. The lowest BCUT2D eigenvalue weighted by Gasteiger charge is -1.99. The molecule has 2 aromatic rings. The zero-order valence-electron chi connectivity index (χ0n) is 11.8. The Labute approximate surface area is 120 Å². The standard InChI is InChI=1S/C14H16N2O5/c1-8(2)5-9-6-12(21-16-9)13(17)15-7-10-3-4-11(20-10)14(18)19/h3-4,6,8H,5,7H2,1-2H3,(H,15,17)(H,18,19). The first-order valence-corrected chi connectivity index (χ1v) is 6.51. The summed E-state index contributed by atoms with van der Waals surface area (Å²) in [6.45, 7) is 4.17. The highest BCUT2D eigenvalue weighted by Crippen LogP contribution is 2.10. The van der Waals surface area contributed by atoms with Crippen molar-refractivity contribution in [2.75, 3.05) is 0 Å². The van der Waals surface area contributed by atoms with Crippen LogP contribution in [0.2, 0.25) is 0 Å². The Hall–Kier alpha value is -2.57. The Morgan fingerprint density at radius 3 is 2.71 bits per heavy atom. The molecule has 2 aromatic heterocycles. The number of rotatable bonds is 6. The highest BCUT2D eigenvalue weighted by molar-refractivity contribution is 5.91. The van der Waals surface area contributed by atoms with Crippen molar-refractivity contribution in [1.29, 1.82) is 0 Å². The van der Waals surface area contributed by atoms with Crippen molar-refractivity contribution in [3.63, 3.8) is 0 Å². The summed E-state index contributed by atoms with van der Waals surface area (Å²) in [4.78, 5) is 22.5. The van der Waals surface area contributed by atoms with Crippen LogP contribution in [-0.2, 0) is 13.0 Å². The van der Waals surface area contributed by atoms with E-state index in [1.165, 1.54) is 12.1 Å². The molecule has 21 heavy (non-hydrogen) atoms. The lowest BCUT2D eigenvalue weighted by atomic mass is 10.1. The van der Waals surface area contributed by atoms with Crippen molar-refractivity contribution in [2.45, 2.75) is 26.8 Å². The van der Waals surface area contributed by atoms with Crippen LogP contribution >= 0.6 is 0 Å². The van der Waals surface area contributed by atoms with Gasteiger partial charge in [0, 0.05) is 6.07 Å². The third kappa shape index (κ3) is 3.95. The van der Waals surface area contributed by atoms with Crippen LogP contribution in [0, 0.1) is 5.92 Å². The molecule has 0 saturated heterocycles. The summed E-state index contributed by atoms with van der Waals surface area (Å²) in [5.41, 5.74) is 0.723. The zero-order chi connectivity index (χ0) is 15.4. The Bertz CT molecular complexity index is 641. The van der Waals surface area contributed by atoms with Gasteiger partial charge in [-0.25, -0.2) is 4.79 Å². The molecule has 0 aliphatic rings. The number of carbonyl (C=O) groups excluding carboxylic acids is 1. The largest absolute Gasteiger partial charge is 0.475 e. The smallest absolute Gasteiger partial charge is 0.371 e. The molecule has 2 rings (SSSR count). The van der Waals surface area contributed by atoms with Crippen LogP contribution < -0.4 is 5.32 Å². The summed E-state index contributed by atoms with van der Waals surface area (Å²) in [6, 6.07) is 4.42. The van der Waals surface area contributed by atoms with Gasteiger partial charge < -0.3 is 19.4 Å². The van der Waals surface area contributed by atoms with Gasteiger partial charge in [0.1, 0.15) is 5.76 Å². The van der Waals surface area contributed by atoms with Gasteiger partial charge in [-0.2, -0.15) is 0 Å². The predicted octanol–water partition coefficient (Wildman–Crippen LogP) is 2.09. The number of aromatic nitrogens is 1. The van der Waals surface area contributed by atoms with Crippen LogP contribution in [0.4, 0.5) is 0 Å². The maximum Gasteiger partial charge on any atom is 0.371 e. The van der Waals surface area contributed by atoms with Gasteiger partial charge in [-0.3, -0.25) is 4.79 Å². The van der Waals surface area contributed by atoms with Gasteiger partial charge in [-0.15, -0.1) is 0 Å². The van der Waals surface area contributed by atoms with Crippen LogP contribution in [-0.4, -0.2) is 22.1 Å². The maximum absolute atomic E-state index is 11.9. The first-order chi connectivity index (χ1) is 9.95. The van der Waals surface area contributed by atoms with E-state index in [9.17, 15) is 9.59 Å². The number of carboxylic acids is 1. The summed E-state index contributed by atoms with van der Waals surface area (Å²) in [5, 5.41) is 15.1. The van der Waals surface area contributed by atoms with Crippen molar-refractivity contribution >= 4 is 11.9 Å². The highest BCUT2D eigenvalue weighted by Gasteiger charge is 2.15. The van der Waals surface area contributed by atoms with Crippen molar-refractivity contribution in [1.82, 2.24) is 10.5 Å². The summed E-state index contributed by atoms with van der Waals surface area (Å²) in [6.07, 6.45) is 0.733. The quantitative estimate of drug-likeness (QED) is 0.844. The molecular formula is C14H16N2O5. The van der Waals surface area contributed by atoms with E-state index in [2.05, 4.69) is 10.5 Å². The minimum atomic E-state index is -1.15. The fourth-order valence-corrected chi connectivity index (χ4v) is 1.78. The second-order valence-corrected chi connectivity index (χ2v) is 5.03. The van der Waals surface area contributed by atoms with E-state index in [1.807, 2.05) is 13.8 Å². The van der Waals surface area contributed by atoms with E-state index in [0.29, 0.717) is 11.7 Å². The summed E-state index contributed by atoms with van der Waals surface area (Å²) in [7, 11) is 0. The molecule has 0 radical (unpaired) electrons. The SMILES string of the molecule is CC(C)Cc1cc(C(=O)NCc2ccc(C(=O)O)o2)on1. The van der Waals surface area contributed by atoms with Crippen molar-refractivity contribution in [3.8, 4) is 0 Å². The number of hydrogen-bond donors (Lipinski definition) is 2. The van der Waals surface area contributed by atoms with Gasteiger partial charge in [0.25, 0.3) is 5.91 Å². The third-order valence-electron chi connectivity index (χ3n) is 2.70. The lowest BCUT2D eigenvalue weighted by molar-refractivity contribution is 0.0660. The van der Waals surface area contributed by atoms with Crippen LogP contribution in [0.5, 0.6) is 0 Å². The number of nitrogens with one attached hydrogen (secondary N) is 1. The Morgan fingerprint density at radius 2 is 2.10 bits per heavy atom. The van der Waals surface area contributed by atoms with E-state index in [0.717, 1.165) is 12.1 Å². The monoisotopic (exact) mass is 292 g/mol. The molecule has 0 fully saturated rings. The molecule has 0 atom stereocenters. The first kappa shape index (κ1) is 14.8. The molecule has 0 bridgehead atoms. The highest BCUT2D eigenvalue weighted by atomic mass is 16.5. The minimum Gasteiger partial charge on any atom is -0.475 e. The molecular weight excluding hydrogens is 276 g/mol. The molecule has 0 aliphatic heterocycles. The fourth-order valence-electron chi connectivity index (χ4n) is 1.78. The van der Waals surface area contributed by atoms with Crippen molar-refractivity contribution in [2.24, 2.45) is 5.92 Å². The number of carboxylic acid groups (broad SMARTS) is 1. The Balaban J connectivity index is 1.91. The van der Waals surface area contributed by atoms with Crippen LogP contribution in [0.1, 0.15) is 46.4 Å². The van der Waals surface area contributed by atoms with Gasteiger partial charge in [0.2, 0.25) is 11.5 Å². The van der Waals surface area contributed by atoms with Crippen molar-refractivity contribution < 1.29 is 23.6 Å². The van der Waals surface area contributed by atoms with E-state index in [1.54, 1.807) is 6.07 Å². The predicted molar refractivity (Wildman–Crippen MR) is 71.9 cm³/mol. The summed E-state index contributed by atoms with van der Waals surface area (Å²) < 4.78 is 10.0. The summed E-state index contributed by atoms with van der Waals surface area (Å²) >= 11 is 0. The number of carbonyl (C=O) groups is 2. The number of amides is 1. The molecule has 2 N–H and O–H groups in total. The number of hydrogen-bond acceptors (Lipinski definition) is 5. The van der Waals surface area contributed by atoms with E-state index >= 15 is 0 Å². The molecule has 7 heteroatoms. The van der Waals surface area contributed by atoms with Gasteiger partial charge in [0.15, 0.2) is 0 Å². The second kappa shape index (κ2) is 6.25. The number of furan rings is 1. The first-order valence-electron chi connectivity index (χ1n) is 6.51. The van der Waals surface area contributed by atoms with Crippen molar-refractivity contribution in [3.05, 3.63) is 41.2 Å². The van der Waals surface area contributed by atoms with E-state index in [-0.39, 0.29) is 18.1 Å². The van der Waals surface area contributed by atoms with E-state index < -0.39 is 11.9 Å². The van der Waals surface area contributed by atoms with Gasteiger partial charge in [-0.1, -0.05) is 19.0 Å². The topological polar surface area (TPSA) is 106 Å². The summed E-state index contributed by atoms with van der Waals surface area (Å²) in [5.74, 6) is -0.855. The molecule has 112 valence electrons. The minimum absolute atomic E-state index is 0.0757. The average molecular weight is 292 g/mol. The molecule has 0 aromatic carbocycles. The molecule has 0 saturated carbocycles. The Morgan fingerprint density at radius 1 is 1.33 bits per heavy atom. The van der Waals surface area contributed by atoms with Crippen LogP contribution in [0.25, 0.3) is 0 Å². The van der Waals surface area contributed by atoms with Crippen LogP contribution in [0.3, 0.4) is 0 Å². The van der Waals surface area contributed by atoms with Crippen LogP contribution in [0.15, 0.2) is 27.1 Å². The second-order valence-electron chi connectivity index (χ2n) is 5.03. The zero-order valence-corrected chi connectivity index (χ0v) is 11.8. The molecule has 0 aliphatic carbocycles. The van der Waals surface area contributed by atoms with Gasteiger partial charge >= 0.3 is 5.97 Å². The fraction of sp³-hybridized carbons (Fsp3) is 0.357. The molecule has 2 heterocycles. The normalized spacial score (nSPS) is 10.8. The maximum atomic E-state index is 11.9. The lowest BCUT2D eigenvalue weighted by Crippen LogP contribution is -2.22. The van der Waals surface area contributed by atoms with E-state index in [4.69, 9.17) is 14.0 Å². The molecule has 1 amide bonds. The number of aromatic carboxylic acids is 1.